The van der Waals surface area contributed by atoms with Crippen LogP contribution in [0.15, 0.2) is 158 Å². The second kappa shape index (κ2) is 15.3. The molecule has 1 unspecified atom stereocenters. The molecule has 278 valence electrons. The molecule has 6 aromatic carbocycles. The maximum atomic E-state index is 14.2. The number of ketones is 1. The van der Waals surface area contributed by atoms with Gasteiger partial charge in [0, 0.05) is 42.4 Å². The van der Waals surface area contributed by atoms with Crippen molar-refractivity contribution in [2.75, 3.05) is 19.7 Å². The van der Waals surface area contributed by atoms with Crippen molar-refractivity contribution < 1.29 is 19.1 Å². The summed E-state index contributed by atoms with van der Waals surface area (Å²) in [7, 11) is 0. The zero-order valence-corrected chi connectivity index (χ0v) is 31.2. The monoisotopic (exact) mass is 737 g/mol. The van der Waals surface area contributed by atoms with Crippen LogP contribution in [0, 0.1) is 5.92 Å². The van der Waals surface area contributed by atoms with Crippen molar-refractivity contribution in [2.45, 2.75) is 37.8 Å². The summed E-state index contributed by atoms with van der Waals surface area (Å²) in [6.45, 7) is 2.02. The van der Waals surface area contributed by atoms with Crippen molar-refractivity contribution in [2.24, 2.45) is 5.92 Å². The highest BCUT2D eigenvalue weighted by Gasteiger charge is 2.41. The molecule has 1 fully saturated rings. The predicted octanol–water partition coefficient (Wildman–Crippen LogP) is 10.1. The molecule has 9 rings (SSSR count). The minimum Gasteiger partial charge on any atom is -0.493 e. The van der Waals surface area contributed by atoms with Gasteiger partial charge in [-0.1, -0.05) is 121 Å². The van der Waals surface area contributed by atoms with E-state index in [-0.39, 0.29) is 24.4 Å². The van der Waals surface area contributed by atoms with E-state index >= 15 is 0 Å². The largest absolute Gasteiger partial charge is 0.493 e. The zero-order chi connectivity index (χ0) is 37.9. The van der Waals surface area contributed by atoms with E-state index in [1.54, 1.807) is 4.90 Å². The van der Waals surface area contributed by atoms with Crippen LogP contribution in [0.1, 0.15) is 57.4 Å². The lowest BCUT2D eigenvalue weighted by Gasteiger charge is -2.37. The molecule has 56 heavy (non-hydrogen) atoms. The lowest BCUT2D eigenvalue weighted by atomic mass is 9.77. The molecule has 2 aliphatic heterocycles. The molecule has 0 aliphatic carbocycles. The number of hydrogen-bond donors (Lipinski definition) is 0. The molecule has 1 saturated heterocycles. The van der Waals surface area contributed by atoms with E-state index < -0.39 is 5.54 Å². The third-order valence-electron chi connectivity index (χ3n) is 11.3. The molecule has 0 radical (unpaired) electrons. The van der Waals surface area contributed by atoms with Gasteiger partial charge in [0.2, 0.25) is 0 Å². The minimum absolute atomic E-state index is 0.0389. The number of likely N-dealkylation sites (tertiary alicyclic amines) is 1. The fraction of sp³-hybridized carbons (Fsp3) is 0.204. The van der Waals surface area contributed by atoms with Gasteiger partial charge < -0.3 is 14.4 Å². The van der Waals surface area contributed by atoms with E-state index in [0.29, 0.717) is 31.7 Å². The number of Topliss-reactive ketones (excluding diaryl/α,β-unsaturated/α-hetero) is 1. The van der Waals surface area contributed by atoms with Crippen LogP contribution in [0.4, 0.5) is 4.79 Å². The Kier molecular flexibility index (Phi) is 9.66. The Hall–Kier alpha value is -6.47. The van der Waals surface area contributed by atoms with Crippen LogP contribution in [0.2, 0.25) is 0 Å². The highest BCUT2D eigenvalue weighted by Crippen LogP contribution is 2.44. The second-order valence-electron chi connectivity index (χ2n) is 14.8. The molecule has 7 aromatic rings. The average Bonchev–Trinajstić information content (AvgIpc) is 3.89. The van der Waals surface area contributed by atoms with Gasteiger partial charge >= 0.3 is 6.09 Å². The highest BCUT2D eigenvalue weighted by molar-refractivity contribution is 6.03. The molecular weight excluding hydrogens is 695 g/mol. The average molecular weight is 738 g/mol. The SMILES string of the molecule is O=C(CC1CCCN(C(=O)OCc2ccccc2)C1)c1ccc2c(c1)c(-c1ccc3c(c1)CCO3)nn2C(c1ccccc1)(c1ccccc1)c1ccccc1. The highest BCUT2D eigenvalue weighted by atomic mass is 16.6. The Labute approximate surface area is 327 Å². The van der Waals surface area contributed by atoms with E-state index in [1.165, 1.54) is 0 Å². The van der Waals surface area contributed by atoms with Crippen LogP contribution in [-0.2, 0) is 23.3 Å². The topological polar surface area (TPSA) is 73.7 Å². The molecule has 3 heterocycles. The molecule has 2 aliphatic rings. The zero-order valence-electron chi connectivity index (χ0n) is 31.2. The van der Waals surface area contributed by atoms with E-state index in [0.717, 1.165) is 75.0 Å². The first-order chi connectivity index (χ1) is 27.6. The van der Waals surface area contributed by atoms with Gasteiger partial charge in [0.15, 0.2) is 5.78 Å². The maximum Gasteiger partial charge on any atom is 0.410 e. The second-order valence-corrected chi connectivity index (χ2v) is 14.8. The smallest absolute Gasteiger partial charge is 0.410 e. The third kappa shape index (κ3) is 6.64. The van der Waals surface area contributed by atoms with E-state index in [1.807, 2.05) is 66.7 Å². The van der Waals surface area contributed by atoms with Crippen LogP contribution in [0.5, 0.6) is 5.75 Å². The lowest BCUT2D eigenvalue weighted by Crippen LogP contribution is -2.40. The molecule has 1 aromatic heterocycles. The van der Waals surface area contributed by atoms with Crippen molar-refractivity contribution in [1.29, 1.82) is 0 Å². The summed E-state index contributed by atoms with van der Waals surface area (Å²) < 4.78 is 13.7. The number of benzene rings is 6. The molecule has 1 amide bonds. The van der Waals surface area contributed by atoms with E-state index in [4.69, 9.17) is 14.6 Å². The predicted molar refractivity (Wildman–Crippen MR) is 219 cm³/mol. The summed E-state index contributed by atoms with van der Waals surface area (Å²) in [5.74, 6) is 1.00. The minimum atomic E-state index is -0.841. The van der Waals surface area contributed by atoms with E-state index in [9.17, 15) is 9.59 Å². The van der Waals surface area contributed by atoms with Crippen LogP contribution < -0.4 is 4.74 Å². The fourth-order valence-electron chi connectivity index (χ4n) is 8.59. The summed E-state index contributed by atoms with van der Waals surface area (Å²) >= 11 is 0. The van der Waals surface area contributed by atoms with Crippen molar-refractivity contribution in [3.8, 4) is 17.0 Å². The number of carbonyl (C=O) groups is 2. The summed E-state index contributed by atoms with van der Waals surface area (Å²) in [5, 5.41) is 6.48. The summed E-state index contributed by atoms with van der Waals surface area (Å²) in [6, 6.07) is 53.7. The Morgan fingerprint density at radius 2 is 1.39 bits per heavy atom. The van der Waals surface area contributed by atoms with Crippen molar-refractivity contribution in [3.05, 3.63) is 191 Å². The number of rotatable bonds is 10. The van der Waals surface area contributed by atoms with Crippen molar-refractivity contribution in [1.82, 2.24) is 14.7 Å². The maximum absolute atomic E-state index is 14.2. The quantitative estimate of drug-likeness (QED) is 0.103. The van der Waals surface area contributed by atoms with Gasteiger partial charge in [0.1, 0.15) is 23.6 Å². The Bertz CT molecular complexity index is 2390. The normalized spacial score (nSPS) is 15.3. The number of aromatic nitrogens is 2. The first-order valence-electron chi connectivity index (χ1n) is 19.5. The lowest BCUT2D eigenvalue weighted by molar-refractivity contribution is 0.0735. The van der Waals surface area contributed by atoms with Gasteiger partial charge in [0.25, 0.3) is 0 Å². The van der Waals surface area contributed by atoms with Gasteiger partial charge in [-0.05, 0) is 83.0 Å². The number of fused-ring (bicyclic) bond motifs is 2. The number of ether oxygens (including phenoxy) is 2. The Morgan fingerprint density at radius 1 is 0.750 bits per heavy atom. The summed E-state index contributed by atoms with van der Waals surface area (Å²) in [4.78, 5) is 29.0. The number of hydrogen-bond acceptors (Lipinski definition) is 5. The third-order valence-corrected chi connectivity index (χ3v) is 11.3. The molecule has 0 bridgehead atoms. The molecule has 0 spiro atoms. The van der Waals surface area contributed by atoms with Gasteiger partial charge in [-0.3, -0.25) is 4.79 Å². The Morgan fingerprint density at radius 3 is 2.05 bits per heavy atom. The first kappa shape index (κ1) is 35.2. The number of piperidine rings is 1. The van der Waals surface area contributed by atoms with Crippen molar-refractivity contribution in [3.63, 3.8) is 0 Å². The molecule has 7 heteroatoms. The van der Waals surface area contributed by atoms with Crippen LogP contribution in [0.25, 0.3) is 22.2 Å². The Balaban J connectivity index is 1.12. The summed E-state index contributed by atoms with van der Waals surface area (Å²) in [5.41, 5.74) is 7.80. The van der Waals surface area contributed by atoms with Gasteiger partial charge in [-0.25, -0.2) is 9.48 Å². The van der Waals surface area contributed by atoms with Gasteiger partial charge in [0.05, 0.1) is 12.1 Å². The number of carbonyl (C=O) groups excluding carboxylic acids is 2. The van der Waals surface area contributed by atoms with Gasteiger partial charge in [-0.2, -0.15) is 5.10 Å². The molecule has 7 nitrogen and oxygen atoms in total. The van der Waals surface area contributed by atoms with Crippen LogP contribution in [-0.4, -0.2) is 46.3 Å². The fourth-order valence-corrected chi connectivity index (χ4v) is 8.59. The van der Waals surface area contributed by atoms with Crippen LogP contribution >= 0.6 is 0 Å². The molecule has 0 N–H and O–H groups in total. The van der Waals surface area contributed by atoms with E-state index in [2.05, 4.69) is 95.7 Å². The standard InChI is InChI=1S/C49H43N3O4/c53-45(30-36-16-13-28-51(33-36)48(54)56-34-35-14-5-1-6-15-35)37-23-25-44-43(32-37)47(39-24-26-46-38(31-39)27-29-55-46)50-52(44)49(40-17-7-2-8-18-40,41-19-9-3-10-20-41)42-21-11-4-12-22-42/h1-12,14-15,17-26,31-32,36H,13,16,27-30,33-34H2. The van der Waals surface area contributed by atoms with Crippen molar-refractivity contribution >= 4 is 22.8 Å². The first-order valence-corrected chi connectivity index (χ1v) is 19.5. The molecular formula is C49H43N3O4. The van der Waals surface area contributed by atoms with Crippen LogP contribution in [0.3, 0.4) is 0 Å². The molecule has 0 saturated carbocycles. The number of amides is 1. The van der Waals surface area contributed by atoms with Gasteiger partial charge in [-0.15, -0.1) is 0 Å². The molecule has 1 atom stereocenters. The number of nitrogens with zero attached hydrogens (tertiary/aromatic N) is 3. The summed E-state index contributed by atoms with van der Waals surface area (Å²) in [6.07, 6.45) is 2.56.